The minimum Gasteiger partial charge on any atom is -0.394 e. The van der Waals surface area contributed by atoms with Crippen molar-refractivity contribution in [2.24, 2.45) is 5.92 Å². The maximum atomic E-state index is 14.3. The molecule has 0 saturated heterocycles. The summed E-state index contributed by atoms with van der Waals surface area (Å²) in [4.78, 5) is 46.2. The highest BCUT2D eigenvalue weighted by Gasteiger charge is 2.52. The molecule has 0 aliphatic carbocycles. The molecule has 0 radical (unpaired) electrons. The molecule has 3 atom stereocenters. The third kappa shape index (κ3) is 5.42. The zero-order chi connectivity index (χ0) is 35.4. The Balaban J connectivity index is 1.03. The minimum atomic E-state index is -1.93. The molecule has 5 aromatic carbocycles. The molecule has 0 unspecified atom stereocenters. The van der Waals surface area contributed by atoms with E-state index in [1.54, 1.807) is 52.0 Å². The Hall–Kier alpha value is -5.28. The number of anilines is 3. The highest BCUT2D eigenvalue weighted by molar-refractivity contribution is 6.31. The maximum Gasteiger partial charge on any atom is 0.264 e. The average Bonchev–Trinajstić information content (AvgIpc) is 3.55. The predicted molar refractivity (Wildman–Crippen MR) is 198 cm³/mol. The molecule has 8 nitrogen and oxygen atoms in total. The Morgan fingerprint density at radius 3 is 2.51 bits per heavy atom. The Bertz CT molecular complexity index is 2260. The number of aliphatic hydroxyl groups excluding tert-OH is 1. The summed E-state index contributed by atoms with van der Waals surface area (Å²) in [5.41, 5.74) is 4.12. The van der Waals surface area contributed by atoms with Gasteiger partial charge in [-0.3, -0.25) is 19.3 Å². The van der Waals surface area contributed by atoms with E-state index in [2.05, 4.69) is 0 Å². The molecule has 8 rings (SSSR count). The van der Waals surface area contributed by atoms with Crippen LogP contribution in [-0.2, 0) is 34.7 Å². The standard InChI is InChI=1S/C42H36ClN3O5/c1-26(8-4-17-38(48)44-24-30-11-3-2-10-29(30)21-33(44)25-47)42(51)35-22-31(43)18-19-36(35)45(41(42)50)23-27-9-5-14-32(20-27)46-37-16-7-13-28-12-6-15-34(39(28)37)40(46)49/h2-16,18-20,22,26,33,47,51H,17,21,23-25H2,1H3/b8-4+/t26-,33+,42+/m1/s1. The summed E-state index contributed by atoms with van der Waals surface area (Å²) in [5.74, 6) is -1.46. The van der Waals surface area contributed by atoms with Gasteiger partial charge in [0.15, 0.2) is 5.60 Å². The van der Waals surface area contributed by atoms with Gasteiger partial charge in [0.25, 0.3) is 11.8 Å². The van der Waals surface area contributed by atoms with E-state index < -0.39 is 17.4 Å². The van der Waals surface area contributed by atoms with Crippen LogP contribution in [0.3, 0.4) is 0 Å². The fraction of sp³-hybridized carbons (Fsp3) is 0.214. The van der Waals surface area contributed by atoms with Crippen LogP contribution in [0.25, 0.3) is 10.8 Å². The molecule has 0 spiro atoms. The third-order valence-electron chi connectivity index (χ3n) is 10.6. The number of hydrogen-bond acceptors (Lipinski definition) is 5. The lowest BCUT2D eigenvalue weighted by atomic mass is 9.83. The average molecular weight is 698 g/mol. The second-order valence-electron chi connectivity index (χ2n) is 13.6. The molecule has 5 aromatic rings. The van der Waals surface area contributed by atoms with Crippen molar-refractivity contribution in [1.29, 1.82) is 0 Å². The Labute approximate surface area is 300 Å². The first-order chi connectivity index (χ1) is 24.7. The van der Waals surface area contributed by atoms with E-state index in [1.807, 2.05) is 84.9 Å². The van der Waals surface area contributed by atoms with E-state index in [-0.39, 0.29) is 37.4 Å². The first-order valence-electron chi connectivity index (χ1n) is 17.1. The topological polar surface area (TPSA) is 101 Å². The van der Waals surface area contributed by atoms with Crippen molar-refractivity contribution < 1.29 is 24.6 Å². The fourth-order valence-corrected chi connectivity index (χ4v) is 8.07. The summed E-state index contributed by atoms with van der Waals surface area (Å²) in [5, 5.41) is 24.6. The van der Waals surface area contributed by atoms with E-state index in [0.717, 1.165) is 33.2 Å². The van der Waals surface area contributed by atoms with Crippen LogP contribution in [0.5, 0.6) is 0 Å². The van der Waals surface area contributed by atoms with Crippen LogP contribution in [0.1, 0.15) is 46.0 Å². The van der Waals surface area contributed by atoms with Crippen LogP contribution in [0.15, 0.2) is 115 Å². The summed E-state index contributed by atoms with van der Waals surface area (Å²) in [6, 6.07) is 31.8. The molecule has 2 N–H and O–H groups in total. The van der Waals surface area contributed by atoms with Crippen molar-refractivity contribution in [1.82, 2.24) is 4.90 Å². The quantitative estimate of drug-likeness (QED) is 0.169. The lowest BCUT2D eigenvalue weighted by Crippen LogP contribution is -2.46. The third-order valence-corrected chi connectivity index (χ3v) is 10.8. The van der Waals surface area contributed by atoms with E-state index in [4.69, 9.17) is 11.6 Å². The first kappa shape index (κ1) is 32.9. The molecule has 3 amide bonds. The number of aliphatic hydroxyl groups is 2. The van der Waals surface area contributed by atoms with E-state index in [9.17, 15) is 24.6 Å². The van der Waals surface area contributed by atoms with E-state index >= 15 is 0 Å². The van der Waals surface area contributed by atoms with Crippen molar-refractivity contribution in [3.05, 3.63) is 148 Å². The monoisotopic (exact) mass is 697 g/mol. The summed E-state index contributed by atoms with van der Waals surface area (Å²) in [6.07, 6.45) is 4.03. The predicted octanol–water partition coefficient (Wildman–Crippen LogP) is 7.05. The molecule has 51 heavy (non-hydrogen) atoms. The van der Waals surface area contributed by atoms with Gasteiger partial charge in [0.2, 0.25) is 5.91 Å². The number of carbonyl (C=O) groups excluding carboxylic acids is 3. The normalized spacial score (nSPS) is 20.0. The summed E-state index contributed by atoms with van der Waals surface area (Å²) in [6.45, 7) is 2.18. The van der Waals surface area contributed by atoms with Gasteiger partial charge in [-0.2, -0.15) is 0 Å². The van der Waals surface area contributed by atoms with Gasteiger partial charge in [0.1, 0.15) is 0 Å². The van der Waals surface area contributed by atoms with Gasteiger partial charge >= 0.3 is 0 Å². The molecule has 0 saturated carbocycles. The molecule has 0 bridgehead atoms. The van der Waals surface area contributed by atoms with Gasteiger partial charge in [0, 0.05) is 40.5 Å². The lowest BCUT2D eigenvalue weighted by molar-refractivity contribution is -0.139. The zero-order valence-electron chi connectivity index (χ0n) is 28.0. The first-order valence-corrected chi connectivity index (χ1v) is 17.5. The summed E-state index contributed by atoms with van der Waals surface area (Å²) >= 11 is 6.42. The molecular formula is C42H36ClN3O5. The van der Waals surface area contributed by atoms with Crippen LogP contribution in [0.2, 0.25) is 5.02 Å². The number of fused-ring (bicyclic) bond motifs is 2. The van der Waals surface area contributed by atoms with Gasteiger partial charge in [-0.25, -0.2) is 0 Å². The molecular weight excluding hydrogens is 662 g/mol. The zero-order valence-corrected chi connectivity index (χ0v) is 28.8. The van der Waals surface area contributed by atoms with Crippen LogP contribution < -0.4 is 9.80 Å². The van der Waals surface area contributed by atoms with Crippen LogP contribution >= 0.6 is 11.6 Å². The lowest BCUT2D eigenvalue weighted by Gasteiger charge is -2.36. The molecule has 9 heteroatoms. The number of halogens is 1. The molecule has 256 valence electrons. The highest BCUT2D eigenvalue weighted by atomic mass is 35.5. The molecule has 3 aliphatic heterocycles. The van der Waals surface area contributed by atoms with Crippen molar-refractivity contribution >= 4 is 57.2 Å². The van der Waals surface area contributed by atoms with E-state index in [1.165, 1.54) is 0 Å². The second kappa shape index (κ2) is 12.8. The van der Waals surface area contributed by atoms with Gasteiger partial charge in [-0.1, -0.05) is 91.3 Å². The molecule has 0 aromatic heterocycles. The largest absolute Gasteiger partial charge is 0.394 e. The van der Waals surface area contributed by atoms with Crippen LogP contribution in [0.4, 0.5) is 17.1 Å². The maximum absolute atomic E-state index is 14.3. The fourth-order valence-electron chi connectivity index (χ4n) is 7.90. The van der Waals surface area contributed by atoms with Gasteiger partial charge in [0.05, 0.1) is 36.1 Å². The van der Waals surface area contributed by atoms with Gasteiger partial charge in [-0.05, 0) is 71.0 Å². The summed E-state index contributed by atoms with van der Waals surface area (Å²) in [7, 11) is 0. The number of benzene rings is 5. The van der Waals surface area contributed by atoms with Crippen molar-refractivity contribution in [2.45, 2.75) is 44.5 Å². The number of rotatable bonds is 8. The second-order valence-corrected chi connectivity index (χ2v) is 14.0. The molecule has 3 aliphatic rings. The molecule has 0 fully saturated rings. The smallest absolute Gasteiger partial charge is 0.264 e. The van der Waals surface area contributed by atoms with Gasteiger partial charge in [-0.15, -0.1) is 0 Å². The molecule has 3 heterocycles. The summed E-state index contributed by atoms with van der Waals surface area (Å²) < 4.78 is 0. The van der Waals surface area contributed by atoms with Crippen molar-refractivity contribution in [3.63, 3.8) is 0 Å². The Morgan fingerprint density at radius 1 is 0.941 bits per heavy atom. The van der Waals surface area contributed by atoms with Crippen LogP contribution in [-0.4, -0.2) is 45.5 Å². The Kier molecular flexibility index (Phi) is 8.26. The van der Waals surface area contributed by atoms with Crippen molar-refractivity contribution in [2.75, 3.05) is 16.4 Å². The van der Waals surface area contributed by atoms with Crippen molar-refractivity contribution in [3.8, 4) is 0 Å². The Morgan fingerprint density at radius 2 is 1.71 bits per heavy atom. The van der Waals surface area contributed by atoms with Gasteiger partial charge < -0.3 is 20.0 Å². The SMILES string of the molecule is C[C@H](/C=C/CC(=O)N1Cc2ccccc2C[C@H]1CO)[C@@]1(O)C(=O)N(Cc2cccc(N3C(=O)c4cccc5cccc3c45)c2)c2ccc(Cl)cc21. The van der Waals surface area contributed by atoms with Crippen LogP contribution in [0, 0.1) is 5.92 Å². The number of hydrogen-bond donors (Lipinski definition) is 2. The number of amides is 3. The minimum absolute atomic E-state index is 0.0546. The van der Waals surface area contributed by atoms with E-state index in [0.29, 0.717) is 40.5 Å². The highest BCUT2D eigenvalue weighted by Crippen LogP contribution is 2.47. The number of nitrogens with zero attached hydrogens (tertiary/aromatic N) is 3. The number of carbonyl (C=O) groups is 3.